The SMILES string of the molecule is O=S(=O)(c1cnn(C2CCOC2)c1)N1CCc2c(Cl)cccc21. The van der Waals surface area contributed by atoms with Crippen molar-refractivity contribution >= 4 is 27.3 Å². The van der Waals surface area contributed by atoms with Gasteiger partial charge in [0, 0.05) is 24.4 Å². The molecule has 2 aliphatic heterocycles. The second kappa shape index (κ2) is 5.51. The summed E-state index contributed by atoms with van der Waals surface area (Å²) in [7, 11) is -3.63. The fourth-order valence-corrected chi connectivity index (χ4v) is 4.83. The van der Waals surface area contributed by atoms with Crippen LogP contribution in [0, 0.1) is 0 Å². The second-order valence-corrected chi connectivity index (χ2v) is 8.01. The van der Waals surface area contributed by atoms with Crippen molar-refractivity contribution in [3.63, 3.8) is 0 Å². The Bertz CT molecular complexity index is 843. The monoisotopic (exact) mass is 353 g/mol. The highest BCUT2D eigenvalue weighted by molar-refractivity contribution is 7.92. The third-order valence-electron chi connectivity index (χ3n) is 4.37. The molecule has 0 amide bonds. The van der Waals surface area contributed by atoms with Crippen molar-refractivity contribution in [2.24, 2.45) is 0 Å². The molecule has 0 radical (unpaired) electrons. The van der Waals surface area contributed by atoms with Crippen molar-refractivity contribution in [1.82, 2.24) is 9.78 Å². The molecule has 0 bridgehead atoms. The van der Waals surface area contributed by atoms with Crippen LogP contribution in [0.5, 0.6) is 0 Å². The van der Waals surface area contributed by atoms with Gasteiger partial charge in [-0.1, -0.05) is 17.7 Å². The van der Waals surface area contributed by atoms with Crippen LogP contribution < -0.4 is 4.31 Å². The Balaban J connectivity index is 1.68. The van der Waals surface area contributed by atoms with Crippen molar-refractivity contribution in [1.29, 1.82) is 0 Å². The number of anilines is 1. The van der Waals surface area contributed by atoms with Gasteiger partial charge in [0.05, 0.1) is 24.5 Å². The van der Waals surface area contributed by atoms with E-state index in [1.165, 1.54) is 10.5 Å². The molecule has 1 aromatic carbocycles. The number of hydrogen-bond donors (Lipinski definition) is 0. The molecule has 0 N–H and O–H groups in total. The number of sulfonamides is 1. The molecule has 122 valence electrons. The number of ether oxygens (including phenoxy) is 1. The summed E-state index contributed by atoms with van der Waals surface area (Å²) >= 11 is 6.17. The zero-order chi connectivity index (χ0) is 16.0. The molecule has 0 saturated carbocycles. The largest absolute Gasteiger partial charge is 0.379 e. The Morgan fingerprint density at radius 3 is 3.00 bits per heavy atom. The fourth-order valence-electron chi connectivity index (χ4n) is 3.12. The van der Waals surface area contributed by atoms with E-state index in [1.807, 2.05) is 0 Å². The van der Waals surface area contributed by atoms with Gasteiger partial charge in [0.2, 0.25) is 0 Å². The highest BCUT2D eigenvalue weighted by Crippen LogP contribution is 2.36. The van der Waals surface area contributed by atoms with E-state index in [9.17, 15) is 8.42 Å². The summed E-state index contributed by atoms with van der Waals surface area (Å²) in [6.45, 7) is 1.66. The predicted octanol–water partition coefficient (Wildman–Crippen LogP) is 2.25. The van der Waals surface area contributed by atoms with Crippen LogP contribution in [0.1, 0.15) is 18.0 Å². The molecule has 2 aliphatic rings. The lowest BCUT2D eigenvalue weighted by Crippen LogP contribution is -2.28. The van der Waals surface area contributed by atoms with E-state index >= 15 is 0 Å². The van der Waals surface area contributed by atoms with Crippen LogP contribution in [0.25, 0.3) is 0 Å². The van der Waals surface area contributed by atoms with Gasteiger partial charge in [-0.25, -0.2) is 8.42 Å². The summed E-state index contributed by atoms with van der Waals surface area (Å²) in [6.07, 6.45) is 4.48. The summed E-state index contributed by atoms with van der Waals surface area (Å²) in [6, 6.07) is 5.46. The lowest BCUT2D eigenvalue weighted by atomic mass is 10.2. The molecule has 1 saturated heterocycles. The first-order valence-corrected chi connectivity index (χ1v) is 9.31. The molecule has 6 nitrogen and oxygen atoms in total. The zero-order valence-electron chi connectivity index (χ0n) is 12.4. The Kier molecular flexibility index (Phi) is 3.59. The standard InChI is InChI=1S/C15H16ClN3O3S/c16-14-2-1-3-15-13(14)4-6-19(15)23(20,21)12-8-17-18(9-12)11-5-7-22-10-11/h1-3,8-9,11H,4-7,10H2. The first-order valence-electron chi connectivity index (χ1n) is 7.49. The summed E-state index contributed by atoms with van der Waals surface area (Å²) in [5, 5.41) is 4.82. The third kappa shape index (κ3) is 2.43. The molecule has 23 heavy (non-hydrogen) atoms. The van der Waals surface area contributed by atoms with Crippen LogP contribution in [-0.4, -0.2) is 38.0 Å². The van der Waals surface area contributed by atoms with E-state index in [4.69, 9.17) is 16.3 Å². The number of hydrogen-bond acceptors (Lipinski definition) is 4. The predicted molar refractivity (Wildman–Crippen MR) is 86.4 cm³/mol. The molecule has 0 aliphatic carbocycles. The van der Waals surface area contributed by atoms with E-state index in [1.54, 1.807) is 29.1 Å². The molecule has 1 unspecified atom stereocenters. The maximum absolute atomic E-state index is 12.9. The number of aromatic nitrogens is 2. The Morgan fingerprint density at radius 1 is 1.35 bits per heavy atom. The van der Waals surface area contributed by atoms with Crippen molar-refractivity contribution in [3.8, 4) is 0 Å². The van der Waals surface area contributed by atoms with Gasteiger partial charge in [0.25, 0.3) is 10.0 Å². The summed E-state index contributed by atoms with van der Waals surface area (Å²) in [4.78, 5) is 0.206. The quantitative estimate of drug-likeness (QED) is 0.849. The molecule has 4 rings (SSSR count). The molecule has 0 spiro atoms. The van der Waals surface area contributed by atoms with E-state index in [2.05, 4.69) is 5.10 Å². The minimum absolute atomic E-state index is 0.110. The van der Waals surface area contributed by atoms with E-state index < -0.39 is 10.0 Å². The molecule has 1 atom stereocenters. The molecule has 8 heteroatoms. The summed E-state index contributed by atoms with van der Waals surface area (Å²) < 4.78 is 34.3. The molecular formula is C15H16ClN3O3S. The zero-order valence-corrected chi connectivity index (χ0v) is 13.9. The lowest BCUT2D eigenvalue weighted by molar-refractivity contribution is 0.184. The van der Waals surface area contributed by atoms with Crippen LogP contribution >= 0.6 is 11.6 Å². The van der Waals surface area contributed by atoms with Gasteiger partial charge in [-0.15, -0.1) is 0 Å². The minimum atomic E-state index is -3.63. The number of fused-ring (bicyclic) bond motifs is 1. The Hall–Kier alpha value is -1.57. The summed E-state index contributed by atoms with van der Waals surface area (Å²) in [5.74, 6) is 0. The van der Waals surface area contributed by atoms with Gasteiger partial charge < -0.3 is 4.74 Å². The lowest BCUT2D eigenvalue weighted by Gasteiger charge is -2.18. The number of nitrogens with zero attached hydrogens (tertiary/aromatic N) is 3. The maximum atomic E-state index is 12.9. The molecule has 2 aromatic rings. The molecule has 3 heterocycles. The normalized spacial score (nSPS) is 20.9. The van der Waals surface area contributed by atoms with Crippen molar-refractivity contribution in [2.45, 2.75) is 23.8 Å². The topological polar surface area (TPSA) is 64.4 Å². The van der Waals surface area contributed by atoms with Gasteiger partial charge in [0.15, 0.2) is 0 Å². The van der Waals surface area contributed by atoms with E-state index in [0.717, 1.165) is 12.0 Å². The highest BCUT2D eigenvalue weighted by atomic mass is 35.5. The number of rotatable bonds is 3. The van der Waals surface area contributed by atoms with Crippen LogP contribution in [-0.2, 0) is 21.2 Å². The maximum Gasteiger partial charge on any atom is 0.267 e. The van der Waals surface area contributed by atoms with Crippen molar-refractivity contribution < 1.29 is 13.2 Å². The Labute approximate surface area is 139 Å². The fraction of sp³-hybridized carbons (Fsp3) is 0.400. The third-order valence-corrected chi connectivity index (χ3v) is 6.49. The van der Waals surface area contributed by atoms with Crippen molar-refractivity contribution in [2.75, 3.05) is 24.1 Å². The first kappa shape index (κ1) is 15.0. The van der Waals surface area contributed by atoms with Crippen LogP contribution in [0.4, 0.5) is 5.69 Å². The molecule has 1 aromatic heterocycles. The first-order chi connectivity index (χ1) is 11.1. The van der Waals surface area contributed by atoms with Gasteiger partial charge in [-0.2, -0.15) is 5.10 Å². The summed E-state index contributed by atoms with van der Waals surface area (Å²) in [5.41, 5.74) is 1.55. The minimum Gasteiger partial charge on any atom is -0.379 e. The van der Waals surface area contributed by atoms with Crippen LogP contribution in [0.15, 0.2) is 35.5 Å². The van der Waals surface area contributed by atoms with E-state index in [-0.39, 0.29) is 10.9 Å². The second-order valence-electron chi connectivity index (χ2n) is 5.74. The van der Waals surface area contributed by atoms with Gasteiger partial charge in [-0.05, 0) is 30.5 Å². The number of benzene rings is 1. The highest BCUT2D eigenvalue weighted by Gasteiger charge is 2.33. The molecule has 1 fully saturated rings. The Morgan fingerprint density at radius 2 is 2.22 bits per heavy atom. The average molecular weight is 354 g/mol. The van der Waals surface area contributed by atoms with Crippen LogP contribution in [0.2, 0.25) is 5.02 Å². The van der Waals surface area contributed by atoms with Gasteiger partial charge in [-0.3, -0.25) is 8.99 Å². The van der Waals surface area contributed by atoms with Crippen LogP contribution in [0.3, 0.4) is 0 Å². The smallest absolute Gasteiger partial charge is 0.267 e. The molecular weight excluding hydrogens is 338 g/mol. The van der Waals surface area contributed by atoms with Gasteiger partial charge >= 0.3 is 0 Å². The van der Waals surface area contributed by atoms with Gasteiger partial charge in [0.1, 0.15) is 4.90 Å². The van der Waals surface area contributed by atoms with Crippen molar-refractivity contribution in [3.05, 3.63) is 41.2 Å². The average Bonchev–Trinajstić information content (AvgIpc) is 3.27. The van der Waals surface area contributed by atoms with E-state index in [0.29, 0.717) is 36.9 Å². The number of halogens is 1.